The van der Waals surface area contributed by atoms with Gasteiger partial charge in [0.25, 0.3) is 0 Å². The number of furan rings is 1. The van der Waals surface area contributed by atoms with Gasteiger partial charge in [-0.25, -0.2) is 8.42 Å². The van der Waals surface area contributed by atoms with E-state index in [1.807, 2.05) is 13.1 Å². The van der Waals surface area contributed by atoms with E-state index in [1.54, 1.807) is 44.3 Å². The van der Waals surface area contributed by atoms with Crippen molar-refractivity contribution in [3.63, 3.8) is 0 Å². The number of rotatable bonds is 6. The Morgan fingerprint density at radius 2 is 1.94 bits per heavy atom. The number of carbonyl (C=O) groups excluding carboxylic acids is 1. The zero-order valence-electron chi connectivity index (χ0n) is 18.3. The lowest BCUT2D eigenvalue weighted by Crippen LogP contribution is -2.37. The molecule has 33 heavy (non-hydrogen) atoms. The predicted molar refractivity (Wildman–Crippen MR) is 125 cm³/mol. The van der Waals surface area contributed by atoms with E-state index >= 15 is 0 Å². The Morgan fingerprint density at radius 3 is 2.70 bits per heavy atom. The van der Waals surface area contributed by atoms with E-state index in [0.717, 1.165) is 36.9 Å². The number of benzene rings is 1. The molecule has 1 saturated heterocycles. The quantitative estimate of drug-likeness (QED) is 0.493. The van der Waals surface area contributed by atoms with Crippen molar-refractivity contribution in [3.8, 4) is 11.6 Å². The van der Waals surface area contributed by atoms with E-state index < -0.39 is 10.0 Å². The SMILES string of the molecule is Cn1c(SCC(=O)N2CCCc3cc(S(=O)(=O)N4CCCC4)ccc32)nnc1-c1ccco1. The van der Waals surface area contributed by atoms with Crippen LogP contribution in [0.5, 0.6) is 0 Å². The minimum atomic E-state index is -3.48. The van der Waals surface area contributed by atoms with Gasteiger partial charge in [0.15, 0.2) is 16.7 Å². The largest absolute Gasteiger partial charge is 0.461 e. The third kappa shape index (κ3) is 4.20. The van der Waals surface area contributed by atoms with E-state index in [9.17, 15) is 13.2 Å². The highest BCUT2D eigenvalue weighted by Crippen LogP contribution is 2.32. The van der Waals surface area contributed by atoms with Gasteiger partial charge in [-0.2, -0.15) is 4.31 Å². The molecule has 3 aromatic rings. The normalized spacial score (nSPS) is 16.8. The van der Waals surface area contributed by atoms with Crippen LogP contribution in [0.25, 0.3) is 11.6 Å². The van der Waals surface area contributed by atoms with Crippen molar-refractivity contribution in [3.05, 3.63) is 42.2 Å². The first kappa shape index (κ1) is 22.2. The third-order valence-electron chi connectivity index (χ3n) is 6.07. The summed E-state index contributed by atoms with van der Waals surface area (Å²) in [5.74, 6) is 1.38. The molecule has 1 amide bonds. The number of nitrogens with zero attached hydrogens (tertiary/aromatic N) is 5. The fraction of sp³-hybridized carbons (Fsp3) is 0.409. The Bertz CT molecular complexity index is 1260. The Kier molecular flexibility index (Phi) is 6.02. The van der Waals surface area contributed by atoms with E-state index in [2.05, 4.69) is 10.2 Å². The van der Waals surface area contributed by atoms with Gasteiger partial charge < -0.3 is 13.9 Å². The summed E-state index contributed by atoms with van der Waals surface area (Å²) in [5.41, 5.74) is 1.69. The molecule has 2 aromatic heterocycles. The zero-order valence-corrected chi connectivity index (χ0v) is 19.9. The summed E-state index contributed by atoms with van der Waals surface area (Å²) >= 11 is 1.32. The lowest BCUT2D eigenvalue weighted by Gasteiger charge is -2.30. The lowest BCUT2D eigenvalue weighted by atomic mass is 10.0. The van der Waals surface area contributed by atoms with Gasteiger partial charge in [-0.3, -0.25) is 4.79 Å². The number of hydrogen-bond donors (Lipinski definition) is 0. The molecule has 0 radical (unpaired) electrons. The summed E-state index contributed by atoms with van der Waals surface area (Å²) in [6.45, 7) is 1.76. The molecule has 0 aliphatic carbocycles. The van der Waals surface area contributed by atoms with Crippen molar-refractivity contribution in [2.75, 3.05) is 30.3 Å². The van der Waals surface area contributed by atoms with Crippen molar-refractivity contribution >= 4 is 33.4 Å². The van der Waals surface area contributed by atoms with Crippen molar-refractivity contribution in [2.24, 2.45) is 7.05 Å². The molecule has 0 N–H and O–H groups in total. The minimum absolute atomic E-state index is 0.0429. The fourth-order valence-corrected chi connectivity index (χ4v) is 6.69. The van der Waals surface area contributed by atoms with Crippen LogP contribution in [0.4, 0.5) is 5.69 Å². The third-order valence-corrected chi connectivity index (χ3v) is 8.97. The van der Waals surface area contributed by atoms with E-state index in [1.165, 1.54) is 11.8 Å². The number of aromatic nitrogens is 3. The summed E-state index contributed by atoms with van der Waals surface area (Å²) in [6.07, 6.45) is 4.93. The Balaban J connectivity index is 1.31. The second kappa shape index (κ2) is 8.96. The van der Waals surface area contributed by atoms with Crippen molar-refractivity contribution in [1.82, 2.24) is 19.1 Å². The first-order chi connectivity index (χ1) is 15.9. The molecule has 0 spiro atoms. The molecular formula is C22H25N5O4S2. The summed E-state index contributed by atoms with van der Waals surface area (Å²) in [5, 5.41) is 8.97. The molecule has 174 valence electrons. The van der Waals surface area contributed by atoms with Gasteiger partial charge in [0.1, 0.15) is 0 Å². The standard InChI is InChI=1S/C22H25N5O4S2/c1-25-21(19-7-5-13-31-19)23-24-22(25)32-15-20(28)27-12-4-6-16-14-17(8-9-18(16)27)33(29,30)26-10-2-3-11-26/h5,7-9,13-14H,2-4,6,10-12,15H2,1H3. The number of thioether (sulfide) groups is 1. The van der Waals surface area contributed by atoms with Crippen molar-refractivity contribution in [2.45, 2.75) is 35.7 Å². The Hall–Kier alpha value is -2.63. The van der Waals surface area contributed by atoms with E-state index in [4.69, 9.17) is 4.42 Å². The van der Waals surface area contributed by atoms with E-state index in [-0.39, 0.29) is 11.7 Å². The zero-order chi connectivity index (χ0) is 23.0. The van der Waals surface area contributed by atoms with Crippen LogP contribution in [0.2, 0.25) is 0 Å². The van der Waals surface area contributed by atoms with Gasteiger partial charge in [0.2, 0.25) is 15.9 Å². The van der Waals surface area contributed by atoms with Crippen LogP contribution in [0, 0.1) is 0 Å². The Morgan fingerprint density at radius 1 is 1.12 bits per heavy atom. The van der Waals surface area contributed by atoms with E-state index in [0.29, 0.717) is 41.3 Å². The molecule has 0 unspecified atom stereocenters. The predicted octanol–water partition coefficient (Wildman–Crippen LogP) is 2.93. The average molecular weight is 488 g/mol. The number of sulfonamides is 1. The highest BCUT2D eigenvalue weighted by molar-refractivity contribution is 7.99. The maximum absolute atomic E-state index is 13.1. The molecule has 9 nitrogen and oxygen atoms in total. The molecule has 2 aliphatic rings. The van der Waals surface area contributed by atoms with Crippen LogP contribution in [-0.2, 0) is 28.3 Å². The highest BCUT2D eigenvalue weighted by atomic mass is 32.2. The number of carbonyl (C=O) groups is 1. The molecule has 1 fully saturated rings. The van der Waals surface area contributed by atoms with Gasteiger partial charge in [-0.1, -0.05) is 11.8 Å². The molecule has 4 heterocycles. The molecule has 11 heteroatoms. The Labute approximate surface area is 196 Å². The fourth-order valence-electron chi connectivity index (χ4n) is 4.34. The first-order valence-corrected chi connectivity index (χ1v) is 13.4. The van der Waals surface area contributed by atoms with Gasteiger partial charge in [0, 0.05) is 32.4 Å². The van der Waals surface area contributed by atoms with Gasteiger partial charge in [-0.15, -0.1) is 10.2 Å². The maximum Gasteiger partial charge on any atom is 0.243 e. The second-order valence-electron chi connectivity index (χ2n) is 8.18. The summed E-state index contributed by atoms with van der Waals surface area (Å²) in [7, 11) is -1.64. The van der Waals surface area contributed by atoms with Crippen LogP contribution < -0.4 is 4.90 Å². The van der Waals surface area contributed by atoms with Gasteiger partial charge >= 0.3 is 0 Å². The molecule has 0 atom stereocenters. The van der Waals surface area contributed by atoms with Crippen molar-refractivity contribution in [1.29, 1.82) is 0 Å². The average Bonchev–Trinajstić information content (AvgIpc) is 3.59. The molecule has 5 rings (SSSR count). The van der Waals surface area contributed by atoms with Crippen molar-refractivity contribution < 1.29 is 17.6 Å². The number of anilines is 1. The number of amides is 1. The number of aryl methyl sites for hydroxylation is 1. The molecule has 1 aromatic carbocycles. The summed E-state index contributed by atoms with van der Waals surface area (Å²) in [6, 6.07) is 8.75. The van der Waals surface area contributed by atoms with Crippen LogP contribution in [0.1, 0.15) is 24.8 Å². The lowest BCUT2D eigenvalue weighted by molar-refractivity contribution is -0.116. The minimum Gasteiger partial charge on any atom is -0.461 e. The number of hydrogen-bond acceptors (Lipinski definition) is 7. The molecule has 0 bridgehead atoms. The van der Waals surface area contributed by atoms with Crippen LogP contribution in [-0.4, -0.2) is 58.8 Å². The van der Waals surface area contributed by atoms with Crippen LogP contribution in [0.15, 0.2) is 51.1 Å². The monoisotopic (exact) mass is 487 g/mol. The number of fused-ring (bicyclic) bond motifs is 1. The summed E-state index contributed by atoms with van der Waals surface area (Å²) in [4.78, 5) is 15.1. The highest BCUT2D eigenvalue weighted by Gasteiger charge is 2.30. The maximum atomic E-state index is 13.1. The molecule has 0 saturated carbocycles. The smallest absolute Gasteiger partial charge is 0.243 e. The second-order valence-corrected chi connectivity index (χ2v) is 11.1. The molecular weight excluding hydrogens is 462 g/mol. The van der Waals surface area contributed by atoms with Crippen LogP contribution in [0.3, 0.4) is 0 Å². The van der Waals surface area contributed by atoms with Gasteiger partial charge in [-0.05, 0) is 61.6 Å². The van der Waals surface area contributed by atoms with Crippen LogP contribution >= 0.6 is 11.8 Å². The first-order valence-electron chi connectivity index (χ1n) is 10.9. The topological polar surface area (TPSA) is 102 Å². The summed E-state index contributed by atoms with van der Waals surface area (Å²) < 4.78 is 34.6. The molecule has 2 aliphatic heterocycles. The van der Waals surface area contributed by atoms with Gasteiger partial charge in [0.05, 0.1) is 16.9 Å².